The van der Waals surface area contributed by atoms with Crippen LogP contribution in [0.1, 0.15) is 106 Å². The third-order valence-electron chi connectivity index (χ3n) is 17.9. The Morgan fingerprint density at radius 2 is 0.806 bits per heavy atom. The molecule has 8 aromatic rings. The summed E-state index contributed by atoms with van der Waals surface area (Å²) in [7, 11) is 0. The largest absolute Gasteiger partial charge is 0.508 e. The average molecular weight is 2050 g/mol. The number of aliphatic hydroxyl groups excluding tert-OH is 10. The first-order valence-electron chi connectivity index (χ1n) is 42.6. The number of anilines is 4. The first-order valence-corrected chi connectivity index (χ1v) is 44.6. The highest BCUT2D eigenvalue weighted by Crippen LogP contribution is 2.22. The zero-order valence-electron chi connectivity index (χ0n) is 74.7. The molecule has 9 rings (SSSR count). The van der Waals surface area contributed by atoms with Crippen LogP contribution in [0.4, 0.5) is 32.9 Å². The van der Waals surface area contributed by atoms with Gasteiger partial charge in [-0.15, -0.1) is 24.0 Å². The molecule has 1 saturated heterocycles. The predicted molar refractivity (Wildman–Crippen MR) is 520 cm³/mol. The fourth-order valence-electron chi connectivity index (χ4n) is 10.6. The molecule has 7 unspecified atom stereocenters. The first-order chi connectivity index (χ1) is 64.0. The molecule has 134 heavy (non-hydrogen) atoms. The van der Waals surface area contributed by atoms with Gasteiger partial charge in [0.25, 0.3) is 11.8 Å². The molecule has 0 radical (unpaired) electrons. The van der Waals surface area contributed by atoms with E-state index < -0.39 is 61.1 Å². The fourth-order valence-corrected chi connectivity index (χ4v) is 11.0. The molecule has 4 amide bonds. The second-order valence-electron chi connectivity index (χ2n) is 29.3. The van der Waals surface area contributed by atoms with Crippen molar-refractivity contribution in [1.29, 1.82) is 5.41 Å². The lowest BCUT2D eigenvalue weighted by atomic mass is 10.1. The number of alkyl carbamates (subject to hydrolysis) is 2. The van der Waals surface area contributed by atoms with E-state index >= 15 is 0 Å². The number of amidine groups is 1. The SMILES string of the molecule is CSC(=N)NC(=O)c1nc(Cl)c(N)nc1N.I.NC(=NCCCCc1ccc(OCC(O)COCC(O)CO)cc1)NC(=O)c1nc(Cl)c(N)nc1N.NCCCCc1ccc(OCC(O)COCC(O)CO)cc1.O=C(NCCCCc1ccc(O)cc1)OCc1ccccc1.O=C(NCCCCc1ccc(OCC(O)COCC(O)CO)cc1)OCc1ccccc1.OCC1CO1. The molecule has 2 aromatic heterocycles. The summed E-state index contributed by atoms with van der Waals surface area (Å²) in [5.74, 6) is 0.392. The number of benzene rings is 6. The Morgan fingerprint density at radius 3 is 1.13 bits per heavy atom. The zero-order valence-corrected chi connectivity index (χ0v) is 79.3. The lowest BCUT2D eigenvalue weighted by Crippen LogP contribution is -2.38. The van der Waals surface area contributed by atoms with E-state index in [2.05, 4.69) is 50.9 Å². The third kappa shape index (κ3) is 55.4. The van der Waals surface area contributed by atoms with Crippen molar-refractivity contribution in [3.63, 3.8) is 0 Å². The number of halogens is 3. The molecule has 40 nitrogen and oxygen atoms in total. The molecule has 1 aliphatic rings. The highest BCUT2D eigenvalue weighted by Gasteiger charge is 2.22. The smallest absolute Gasteiger partial charge is 0.407 e. The fraction of sp³-hybridized carbons (Fsp3) is 0.444. The minimum Gasteiger partial charge on any atom is -0.508 e. The first kappa shape index (κ1) is 118. The summed E-state index contributed by atoms with van der Waals surface area (Å²) in [6.07, 6.45) is 6.68. The van der Waals surface area contributed by atoms with Crippen LogP contribution in [-0.2, 0) is 67.3 Å². The summed E-state index contributed by atoms with van der Waals surface area (Å²) < 4.78 is 46.7. The van der Waals surface area contributed by atoms with Gasteiger partial charge in [-0.25, -0.2) is 29.5 Å². The summed E-state index contributed by atoms with van der Waals surface area (Å²) >= 11 is 12.4. The van der Waals surface area contributed by atoms with E-state index in [4.69, 9.17) is 132 Å². The molecule has 44 heteroatoms. The Hall–Kier alpha value is -10.4. The summed E-state index contributed by atoms with van der Waals surface area (Å²) in [6, 6.07) is 49.2. The quantitative estimate of drug-likeness (QED) is 0.00730. The molecular formula is C90H129Cl2IN16O24S. The predicted octanol–water partition coefficient (Wildman–Crippen LogP) is 5.55. The number of aryl methyl sites for hydroxylation is 4. The summed E-state index contributed by atoms with van der Waals surface area (Å²) in [4.78, 5) is 66.0. The molecule has 1 aliphatic heterocycles. The maximum atomic E-state index is 12.2. The molecule has 6 aromatic carbocycles. The topological polar surface area (TPSA) is 669 Å². The number of epoxide rings is 1. The monoisotopic (exact) mass is 2050 g/mol. The number of hydrogen-bond acceptors (Lipinski definition) is 36. The molecule has 3 heterocycles. The van der Waals surface area contributed by atoms with Crippen molar-refractivity contribution < 1.29 is 118 Å². The third-order valence-corrected chi connectivity index (χ3v) is 18.9. The van der Waals surface area contributed by atoms with Crippen LogP contribution >= 0.6 is 58.9 Å². The highest BCUT2D eigenvalue weighted by atomic mass is 127. The van der Waals surface area contributed by atoms with E-state index in [9.17, 15) is 44.7 Å². The molecule has 0 spiro atoms. The van der Waals surface area contributed by atoms with Gasteiger partial charge in [-0.1, -0.05) is 144 Å². The number of rotatable bonds is 50. The highest BCUT2D eigenvalue weighted by molar-refractivity contribution is 14.0. The average Bonchev–Trinajstić information content (AvgIpc) is 1.15. The number of hydrogen-bond donors (Lipinski definition) is 22. The number of carbonyl (C=O) groups excluding carboxylic acids is 4. The zero-order chi connectivity index (χ0) is 97.3. The number of thioether (sulfide) groups is 1. The van der Waals surface area contributed by atoms with Crippen LogP contribution in [-0.4, -0.2) is 279 Å². The Labute approximate surface area is 810 Å². The maximum absolute atomic E-state index is 12.2. The number of nitrogens with zero attached hydrogens (tertiary/aromatic N) is 5. The van der Waals surface area contributed by atoms with E-state index in [1.807, 2.05) is 146 Å². The van der Waals surface area contributed by atoms with Crippen LogP contribution in [0.15, 0.2) is 163 Å². The van der Waals surface area contributed by atoms with E-state index in [-0.39, 0.29) is 184 Å². The van der Waals surface area contributed by atoms with Crippen molar-refractivity contribution in [2.45, 2.75) is 133 Å². The molecule has 1 fully saturated rings. The number of guanidine groups is 1. The minimum absolute atomic E-state index is 0. The molecule has 28 N–H and O–H groups in total. The number of phenols is 1. The van der Waals surface area contributed by atoms with Gasteiger partial charge >= 0.3 is 12.2 Å². The lowest BCUT2D eigenvalue weighted by Gasteiger charge is -2.14. The van der Waals surface area contributed by atoms with E-state index in [1.165, 1.54) is 11.1 Å². The standard InChI is InChI=1S/C24H33NO7.C22H32ClN7O6.C18H21NO3.C16H27NO5.C7H9ClN6OS.C3H6O2.HI/c26-14-21(27)16-30-17-22(28)18-31-23-11-9-19(10-12-23)6-4-5-13-25-24(29)32-15-20-7-2-1-3-8-20;23-18-20(25)29-19(24)17(28-18)21(34)30-22(26)27-8-2-1-3-13-4-6-16(7-5-13)36-12-15(33)11-35-10-14(32)9-31;20-17-11-9-15(10-12-17)6-4-5-13-19-18(21)22-14-16-7-2-1-3-8-16;17-8-2-1-3-13-4-6-16(7-5-13)22-12-15(20)11-21-10-14(19)9-18;1-16-7(11)14-6(15)2-4(9)13-5(10)3(8)12-2;4-1-3-2-5-3;/h1-3,7-12,21-22,26-28H,4-6,13-18H2,(H,25,29);4-7,14-15,31-33H,1-3,8-12H2,(H4,24,25,29)(H3,26,27,30,34);1-3,7-12,20H,4-6,13-14H2,(H,19,21);4-7,14-15,18-20H,1-3,8-12,17H2;1H3,(H4,9,10,13)(H2,11,14,15);3-4H,1-2H2;1H. The van der Waals surface area contributed by atoms with Gasteiger partial charge in [0.1, 0.15) is 98.8 Å². The number of ether oxygens (including phenoxy) is 9. The number of phenolic OH excluding ortho intramolecular Hbond substituents is 1. The number of carbonyl (C=O) groups is 4. The number of unbranched alkanes of at least 4 members (excludes halogenated alkanes) is 4. The van der Waals surface area contributed by atoms with Gasteiger partial charge in [0.15, 0.2) is 56.1 Å². The maximum Gasteiger partial charge on any atom is 0.407 e. The summed E-state index contributed by atoms with van der Waals surface area (Å²) in [5.41, 5.74) is 39.4. The number of aliphatic hydroxyl groups is 10. The van der Waals surface area contributed by atoms with Gasteiger partial charge in [-0.05, 0) is 172 Å². The van der Waals surface area contributed by atoms with Gasteiger partial charge in [0, 0.05) is 19.6 Å². The van der Waals surface area contributed by atoms with E-state index in [1.54, 1.807) is 18.4 Å². The Balaban J connectivity index is 0.000000434. The van der Waals surface area contributed by atoms with Gasteiger partial charge in [0.05, 0.1) is 72.7 Å². The van der Waals surface area contributed by atoms with Crippen molar-refractivity contribution >= 4 is 117 Å². The molecule has 0 aliphatic carbocycles. The van der Waals surface area contributed by atoms with E-state index in [0.29, 0.717) is 43.5 Å². The van der Waals surface area contributed by atoms with Crippen molar-refractivity contribution in [3.05, 3.63) is 213 Å². The second-order valence-corrected chi connectivity index (χ2v) is 30.9. The van der Waals surface area contributed by atoms with Crippen molar-refractivity contribution in [2.75, 3.05) is 148 Å². The number of aliphatic imine (C=N–C) groups is 1. The van der Waals surface area contributed by atoms with Crippen LogP contribution in [0.5, 0.6) is 23.0 Å². The Kier molecular flexibility index (Phi) is 62.5. The number of nitrogen functional groups attached to an aromatic ring is 4. The normalized spacial score (nSPS) is 13.0. The molecule has 0 saturated carbocycles. The molecular weight excluding hydrogens is 1920 g/mol. The number of aromatic nitrogens is 4. The molecule has 740 valence electrons. The number of aromatic hydroxyl groups is 1. The number of nitrogens with one attached hydrogen (secondary N) is 5. The van der Waals surface area contributed by atoms with Crippen molar-refractivity contribution in [3.8, 4) is 23.0 Å². The van der Waals surface area contributed by atoms with Crippen molar-refractivity contribution in [1.82, 2.24) is 41.2 Å². The van der Waals surface area contributed by atoms with Crippen LogP contribution < -0.4 is 69.9 Å². The van der Waals surface area contributed by atoms with E-state index in [0.717, 1.165) is 124 Å². The van der Waals surface area contributed by atoms with Crippen LogP contribution in [0, 0.1) is 5.41 Å². The molecule has 0 bridgehead atoms. The van der Waals surface area contributed by atoms with Gasteiger partial charge < -0.3 is 149 Å². The molecule has 7 atom stereocenters. The van der Waals surface area contributed by atoms with Crippen molar-refractivity contribution in [2.24, 2.45) is 16.5 Å². The second kappa shape index (κ2) is 71.1. The Morgan fingerprint density at radius 1 is 0.470 bits per heavy atom. The summed E-state index contributed by atoms with van der Waals surface area (Å²) in [5, 5.41) is 117. The van der Waals surface area contributed by atoms with Gasteiger partial charge in [0.2, 0.25) is 0 Å². The Bertz CT molecular complexity index is 4570. The number of amides is 4. The summed E-state index contributed by atoms with van der Waals surface area (Å²) in [6.45, 7) is 2.84. The number of nitrogens with two attached hydrogens (primary N) is 6. The van der Waals surface area contributed by atoms with Gasteiger partial charge in [-0.2, -0.15) is 0 Å². The van der Waals surface area contributed by atoms with Crippen LogP contribution in [0.2, 0.25) is 10.3 Å². The van der Waals surface area contributed by atoms with Gasteiger partial charge in [-0.3, -0.25) is 25.3 Å². The minimum atomic E-state index is -0.966. The lowest BCUT2D eigenvalue weighted by molar-refractivity contribution is -0.0337. The van der Waals surface area contributed by atoms with Crippen LogP contribution in [0.25, 0.3) is 0 Å². The van der Waals surface area contributed by atoms with Crippen LogP contribution in [0.3, 0.4) is 0 Å².